The Labute approximate surface area is 117 Å². The van der Waals surface area contributed by atoms with Gasteiger partial charge in [-0.2, -0.15) is 13.2 Å². The SMILES string of the molecule is O=C1CCc2cc(S(=O)(=O)Cl)ccc2N1CC(F)(F)F. The number of carbonyl (C=O) groups is 1. The van der Waals surface area contributed by atoms with E-state index in [1.807, 2.05) is 0 Å². The first-order chi connectivity index (χ1) is 9.08. The van der Waals surface area contributed by atoms with Gasteiger partial charge in [0.05, 0.1) is 4.90 Å². The van der Waals surface area contributed by atoms with Gasteiger partial charge in [-0.1, -0.05) is 0 Å². The van der Waals surface area contributed by atoms with Crippen LogP contribution in [-0.4, -0.2) is 27.0 Å². The number of aryl methyl sites for hydroxylation is 1. The van der Waals surface area contributed by atoms with Crippen LogP contribution < -0.4 is 4.90 Å². The van der Waals surface area contributed by atoms with Crippen LogP contribution >= 0.6 is 10.7 Å². The van der Waals surface area contributed by atoms with Crippen molar-refractivity contribution in [1.82, 2.24) is 0 Å². The molecule has 1 heterocycles. The number of nitrogens with zero attached hydrogens (tertiary/aromatic N) is 1. The van der Waals surface area contributed by atoms with Crippen LogP contribution in [-0.2, 0) is 20.3 Å². The highest BCUT2D eigenvalue weighted by Gasteiger charge is 2.36. The van der Waals surface area contributed by atoms with Crippen LogP contribution in [0.2, 0.25) is 0 Å². The van der Waals surface area contributed by atoms with Gasteiger partial charge in [-0.3, -0.25) is 4.79 Å². The fourth-order valence-corrected chi connectivity index (χ4v) is 2.84. The molecule has 1 aromatic carbocycles. The molecule has 0 radical (unpaired) electrons. The molecule has 1 aliphatic rings. The molecule has 1 aromatic rings. The van der Waals surface area contributed by atoms with E-state index in [9.17, 15) is 26.4 Å². The number of halogens is 4. The zero-order chi connectivity index (χ0) is 15.1. The van der Waals surface area contributed by atoms with E-state index in [1.54, 1.807) is 0 Å². The largest absolute Gasteiger partial charge is 0.406 e. The summed E-state index contributed by atoms with van der Waals surface area (Å²) in [6, 6.07) is 3.46. The molecule has 0 saturated carbocycles. The third-order valence-corrected chi connectivity index (χ3v) is 4.22. The van der Waals surface area contributed by atoms with Crippen molar-refractivity contribution in [3.05, 3.63) is 23.8 Å². The van der Waals surface area contributed by atoms with Gasteiger partial charge in [0.25, 0.3) is 9.05 Å². The average Bonchev–Trinajstić information content (AvgIpc) is 2.30. The molecular formula is C11H9ClF3NO3S. The Kier molecular flexibility index (Phi) is 3.72. The highest BCUT2D eigenvalue weighted by atomic mass is 35.7. The van der Waals surface area contributed by atoms with Crippen molar-refractivity contribution in [1.29, 1.82) is 0 Å². The smallest absolute Gasteiger partial charge is 0.303 e. The van der Waals surface area contributed by atoms with Gasteiger partial charge in [0, 0.05) is 22.8 Å². The minimum atomic E-state index is -4.53. The van der Waals surface area contributed by atoms with E-state index in [0.717, 1.165) is 6.07 Å². The second-order valence-electron chi connectivity index (χ2n) is 4.32. The van der Waals surface area contributed by atoms with Gasteiger partial charge in [0.15, 0.2) is 0 Å². The highest BCUT2D eigenvalue weighted by molar-refractivity contribution is 8.13. The first kappa shape index (κ1) is 15.1. The number of hydrogen-bond acceptors (Lipinski definition) is 3. The highest BCUT2D eigenvalue weighted by Crippen LogP contribution is 2.33. The van der Waals surface area contributed by atoms with E-state index < -0.39 is 27.7 Å². The van der Waals surface area contributed by atoms with Crippen molar-refractivity contribution >= 4 is 31.3 Å². The summed E-state index contributed by atoms with van der Waals surface area (Å²) in [5, 5.41) is 0. The van der Waals surface area contributed by atoms with Crippen molar-refractivity contribution in [2.75, 3.05) is 11.4 Å². The normalized spacial score (nSPS) is 16.2. The second kappa shape index (κ2) is 4.92. The first-order valence-electron chi connectivity index (χ1n) is 5.52. The zero-order valence-corrected chi connectivity index (χ0v) is 11.5. The Morgan fingerprint density at radius 2 is 1.90 bits per heavy atom. The molecule has 2 rings (SSSR count). The summed E-state index contributed by atoms with van der Waals surface area (Å²) in [7, 11) is 1.23. The molecule has 20 heavy (non-hydrogen) atoms. The van der Waals surface area contributed by atoms with Crippen LogP contribution in [0.4, 0.5) is 18.9 Å². The number of rotatable bonds is 2. The third kappa shape index (κ3) is 3.24. The number of alkyl halides is 3. The van der Waals surface area contributed by atoms with Crippen LogP contribution in [0.15, 0.2) is 23.1 Å². The molecule has 0 atom stereocenters. The molecular weight excluding hydrogens is 319 g/mol. The summed E-state index contributed by atoms with van der Waals surface area (Å²) in [4.78, 5) is 12.0. The molecule has 0 bridgehead atoms. The van der Waals surface area contributed by atoms with E-state index in [4.69, 9.17) is 10.7 Å². The molecule has 0 aromatic heterocycles. The van der Waals surface area contributed by atoms with Crippen molar-refractivity contribution in [3.8, 4) is 0 Å². The summed E-state index contributed by atoms with van der Waals surface area (Å²) in [5.41, 5.74) is 0.429. The predicted octanol–water partition coefficient (Wildman–Crippen LogP) is 2.46. The van der Waals surface area contributed by atoms with Gasteiger partial charge < -0.3 is 4.90 Å². The first-order valence-corrected chi connectivity index (χ1v) is 7.83. The van der Waals surface area contributed by atoms with Crippen LogP contribution in [0.3, 0.4) is 0 Å². The quantitative estimate of drug-likeness (QED) is 0.784. The summed E-state index contributed by atoms with van der Waals surface area (Å²) in [6.07, 6.45) is -4.45. The molecule has 0 unspecified atom stereocenters. The monoisotopic (exact) mass is 327 g/mol. The van der Waals surface area contributed by atoms with Crippen LogP contribution in [0.5, 0.6) is 0 Å². The molecule has 9 heteroatoms. The zero-order valence-electron chi connectivity index (χ0n) is 9.95. The Hall–Kier alpha value is -1.28. The van der Waals surface area contributed by atoms with Crippen molar-refractivity contribution in [3.63, 3.8) is 0 Å². The topological polar surface area (TPSA) is 54.5 Å². The molecule has 1 aliphatic heterocycles. The summed E-state index contributed by atoms with van der Waals surface area (Å²) >= 11 is 0. The number of fused-ring (bicyclic) bond motifs is 1. The lowest BCUT2D eigenvalue weighted by Crippen LogP contribution is -2.41. The van der Waals surface area contributed by atoms with Crippen LogP contribution in [0, 0.1) is 0 Å². The number of hydrogen-bond donors (Lipinski definition) is 0. The summed E-state index contributed by atoms with van der Waals surface area (Å²) in [6.45, 7) is -1.40. The second-order valence-corrected chi connectivity index (χ2v) is 6.89. The number of amides is 1. The molecule has 1 amide bonds. The van der Waals surface area contributed by atoms with Gasteiger partial charge in [0.1, 0.15) is 6.54 Å². The fraction of sp³-hybridized carbons (Fsp3) is 0.364. The van der Waals surface area contributed by atoms with Gasteiger partial charge in [-0.05, 0) is 30.2 Å². The van der Waals surface area contributed by atoms with E-state index in [-0.39, 0.29) is 23.4 Å². The average molecular weight is 328 g/mol. The molecule has 0 saturated heterocycles. The van der Waals surface area contributed by atoms with Crippen molar-refractivity contribution < 1.29 is 26.4 Å². The number of carbonyl (C=O) groups excluding carboxylic acids is 1. The fourth-order valence-electron chi connectivity index (χ4n) is 2.04. The van der Waals surface area contributed by atoms with Gasteiger partial charge in [0.2, 0.25) is 5.91 Å². The van der Waals surface area contributed by atoms with Crippen molar-refractivity contribution in [2.45, 2.75) is 23.9 Å². The minimum Gasteiger partial charge on any atom is -0.303 e. The Morgan fingerprint density at radius 1 is 1.25 bits per heavy atom. The van der Waals surface area contributed by atoms with Gasteiger partial charge >= 0.3 is 6.18 Å². The maximum Gasteiger partial charge on any atom is 0.406 e. The molecule has 0 aliphatic carbocycles. The number of anilines is 1. The number of benzene rings is 1. The lowest BCUT2D eigenvalue weighted by Gasteiger charge is -2.30. The molecule has 110 valence electrons. The maximum atomic E-state index is 12.5. The van der Waals surface area contributed by atoms with E-state index in [0.29, 0.717) is 10.5 Å². The molecule has 4 nitrogen and oxygen atoms in total. The summed E-state index contributed by atoms with van der Waals surface area (Å²) < 4.78 is 59.8. The molecule has 0 spiro atoms. The van der Waals surface area contributed by atoms with Crippen LogP contribution in [0.25, 0.3) is 0 Å². The van der Waals surface area contributed by atoms with E-state index >= 15 is 0 Å². The Balaban J connectivity index is 2.45. The third-order valence-electron chi connectivity index (χ3n) is 2.87. The molecule has 0 N–H and O–H groups in total. The van der Waals surface area contributed by atoms with Crippen molar-refractivity contribution in [2.24, 2.45) is 0 Å². The maximum absolute atomic E-state index is 12.5. The van der Waals surface area contributed by atoms with E-state index in [2.05, 4.69) is 0 Å². The Morgan fingerprint density at radius 3 is 2.45 bits per heavy atom. The lowest BCUT2D eigenvalue weighted by atomic mass is 10.0. The van der Waals surface area contributed by atoms with Gasteiger partial charge in [-0.25, -0.2) is 8.42 Å². The van der Waals surface area contributed by atoms with Crippen LogP contribution in [0.1, 0.15) is 12.0 Å². The van der Waals surface area contributed by atoms with E-state index in [1.165, 1.54) is 12.1 Å². The Bertz CT molecular complexity index is 657. The standard InChI is InChI=1S/C11H9ClF3NO3S/c12-20(18,19)8-2-3-9-7(5-8)1-4-10(17)16(9)6-11(13,14)15/h2-3,5H,1,4,6H2. The summed E-state index contributed by atoms with van der Waals surface area (Å²) in [5.74, 6) is -0.642. The lowest BCUT2D eigenvalue weighted by molar-refractivity contribution is -0.132. The predicted molar refractivity (Wildman–Crippen MR) is 66.2 cm³/mol. The van der Waals surface area contributed by atoms with Gasteiger partial charge in [-0.15, -0.1) is 0 Å². The molecule has 0 fully saturated rings. The minimum absolute atomic E-state index is 0.0719.